The molecular weight excluding hydrogens is 374 g/mol. The van der Waals surface area contributed by atoms with Crippen LogP contribution in [0.3, 0.4) is 0 Å². The molecule has 0 saturated carbocycles. The maximum absolute atomic E-state index is 12.3. The second-order valence-electron chi connectivity index (χ2n) is 6.49. The lowest BCUT2D eigenvalue weighted by molar-refractivity contribution is 0.102. The Balaban J connectivity index is 1.51. The lowest BCUT2D eigenvalue weighted by atomic mass is 10.1. The topological polar surface area (TPSA) is 70.2 Å². The summed E-state index contributed by atoms with van der Waals surface area (Å²) in [5.41, 5.74) is 3.22. The van der Waals surface area contributed by atoms with E-state index in [9.17, 15) is 4.79 Å². The van der Waals surface area contributed by atoms with Crippen LogP contribution in [0.1, 0.15) is 16.1 Å². The molecule has 144 valence electrons. The molecule has 2 aromatic carbocycles. The van der Waals surface area contributed by atoms with Gasteiger partial charge in [-0.3, -0.25) is 4.79 Å². The molecule has 0 aliphatic rings. The summed E-state index contributed by atoms with van der Waals surface area (Å²) in [6, 6.07) is 15.3. The van der Waals surface area contributed by atoms with Gasteiger partial charge in [0, 0.05) is 37.0 Å². The lowest BCUT2D eigenvalue weighted by Crippen LogP contribution is -2.15. The van der Waals surface area contributed by atoms with Gasteiger partial charge in [0.2, 0.25) is 0 Å². The molecule has 28 heavy (non-hydrogen) atoms. The molecule has 6 nitrogen and oxygen atoms in total. The average molecular weight is 396 g/mol. The van der Waals surface area contributed by atoms with Crippen LogP contribution in [0.2, 0.25) is 5.02 Å². The zero-order chi connectivity index (χ0) is 19.9. The van der Waals surface area contributed by atoms with Crippen molar-refractivity contribution in [3.63, 3.8) is 0 Å². The van der Waals surface area contributed by atoms with Crippen LogP contribution in [0.4, 0.5) is 17.2 Å². The molecule has 0 radical (unpaired) electrons. The summed E-state index contributed by atoms with van der Waals surface area (Å²) in [6.07, 6.45) is 3.87. The van der Waals surface area contributed by atoms with Crippen molar-refractivity contribution in [3.05, 3.63) is 77.2 Å². The second kappa shape index (κ2) is 9.19. The van der Waals surface area contributed by atoms with Crippen LogP contribution < -0.4 is 15.5 Å². The number of carbonyl (C=O) groups is 1. The minimum absolute atomic E-state index is 0.264. The number of nitrogens with zero attached hydrogens (tertiary/aromatic N) is 3. The van der Waals surface area contributed by atoms with Gasteiger partial charge in [0.05, 0.1) is 12.4 Å². The van der Waals surface area contributed by atoms with Crippen LogP contribution in [-0.4, -0.2) is 36.5 Å². The first-order valence-corrected chi connectivity index (χ1v) is 9.28. The van der Waals surface area contributed by atoms with Gasteiger partial charge in [-0.25, -0.2) is 9.97 Å². The molecule has 0 bridgehead atoms. The molecule has 1 amide bonds. The van der Waals surface area contributed by atoms with Gasteiger partial charge >= 0.3 is 0 Å². The number of amides is 1. The molecule has 0 spiro atoms. The molecule has 7 heteroatoms. The van der Waals surface area contributed by atoms with E-state index in [1.165, 1.54) is 11.8 Å². The Morgan fingerprint density at radius 3 is 2.32 bits per heavy atom. The van der Waals surface area contributed by atoms with E-state index in [-0.39, 0.29) is 11.6 Å². The fourth-order valence-corrected chi connectivity index (χ4v) is 2.69. The summed E-state index contributed by atoms with van der Waals surface area (Å²) in [5, 5.41) is 6.75. The molecule has 0 fully saturated rings. The van der Waals surface area contributed by atoms with Gasteiger partial charge in [-0.15, -0.1) is 0 Å². The van der Waals surface area contributed by atoms with Crippen molar-refractivity contribution < 1.29 is 4.79 Å². The van der Waals surface area contributed by atoms with Crippen LogP contribution >= 0.6 is 11.6 Å². The van der Waals surface area contributed by atoms with E-state index in [0.717, 1.165) is 17.1 Å². The summed E-state index contributed by atoms with van der Waals surface area (Å²) in [5.74, 6) is 0.332. The molecular formula is C21H22ClN5O. The quantitative estimate of drug-likeness (QED) is 0.630. The van der Waals surface area contributed by atoms with E-state index in [4.69, 9.17) is 11.6 Å². The predicted molar refractivity (Wildman–Crippen MR) is 114 cm³/mol. The Hall–Kier alpha value is -3.12. The summed E-state index contributed by atoms with van der Waals surface area (Å²) in [6.45, 7) is 0.708. The maximum atomic E-state index is 12.3. The third-order valence-corrected chi connectivity index (χ3v) is 4.41. The SMILES string of the molecule is CN(C)c1ccc(NC(=O)c2cnc(NCCc3ccc(Cl)cc3)cn2)cc1. The summed E-state index contributed by atoms with van der Waals surface area (Å²) in [4.78, 5) is 22.8. The number of rotatable bonds is 7. The molecule has 0 unspecified atom stereocenters. The van der Waals surface area contributed by atoms with Crippen LogP contribution in [0, 0.1) is 0 Å². The maximum Gasteiger partial charge on any atom is 0.275 e. The predicted octanol–water partition coefficient (Wildman–Crippen LogP) is 4.10. The van der Waals surface area contributed by atoms with Crippen LogP contribution in [0.5, 0.6) is 0 Å². The van der Waals surface area contributed by atoms with Gasteiger partial charge < -0.3 is 15.5 Å². The lowest BCUT2D eigenvalue weighted by Gasteiger charge is -2.13. The van der Waals surface area contributed by atoms with E-state index < -0.39 is 0 Å². The van der Waals surface area contributed by atoms with Crippen molar-refractivity contribution in [2.24, 2.45) is 0 Å². The van der Waals surface area contributed by atoms with Gasteiger partial charge in [0.1, 0.15) is 11.5 Å². The van der Waals surface area contributed by atoms with Gasteiger partial charge in [-0.2, -0.15) is 0 Å². The normalized spacial score (nSPS) is 10.4. The zero-order valence-electron chi connectivity index (χ0n) is 15.8. The average Bonchev–Trinajstić information content (AvgIpc) is 2.70. The number of hydrogen-bond donors (Lipinski definition) is 2. The summed E-state index contributed by atoms with van der Waals surface area (Å²) >= 11 is 5.88. The first-order chi connectivity index (χ1) is 13.5. The van der Waals surface area contributed by atoms with Gasteiger partial charge in [-0.05, 0) is 48.4 Å². The Labute approximate surface area is 169 Å². The van der Waals surface area contributed by atoms with E-state index in [1.54, 1.807) is 6.20 Å². The highest BCUT2D eigenvalue weighted by molar-refractivity contribution is 6.30. The zero-order valence-corrected chi connectivity index (χ0v) is 16.6. The largest absolute Gasteiger partial charge is 0.378 e. The highest BCUT2D eigenvalue weighted by Gasteiger charge is 2.09. The van der Waals surface area contributed by atoms with Crippen molar-refractivity contribution in [1.82, 2.24) is 9.97 Å². The fourth-order valence-electron chi connectivity index (χ4n) is 2.56. The number of anilines is 3. The first kappa shape index (κ1) is 19.6. The number of benzene rings is 2. The molecule has 1 aromatic heterocycles. The minimum atomic E-state index is -0.294. The van der Waals surface area contributed by atoms with Crippen LogP contribution in [0.25, 0.3) is 0 Å². The van der Waals surface area contributed by atoms with Gasteiger partial charge in [-0.1, -0.05) is 23.7 Å². The third-order valence-electron chi connectivity index (χ3n) is 4.16. The summed E-state index contributed by atoms with van der Waals surface area (Å²) < 4.78 is 0. The molecule has 3 aromatic rings. The van der Waals surface area contributed by atoms with Crippen molar-refractivity contribution in [2.75, 3.05) is 36.2 Å². The number of halogens is 1. The molecule has 0 saturated heterocycles. The number of hydrogen-bond acceptors (Lipinski definition) is 5. The van der Waals surface area contributed by atoms with Crippen molar-refractivity contribution in [3.8, 4) is 0 Å². The standard InChI is InChI=1S/C21H22ClN5O/c1-27(2)18-9-7-17(8-10-18)26-21(28)19-13-25-20(14-24-19)23-12-11-15-3-5-16(22)6-4-15/h3-10,13-14H,11-12H2,1-2H3,(H,23,25)(H,26,28). The first-order valence-electron chi connectivity index (χ1n) is 8.90. The minimum Gasteiger partial charge on any atom is -0.378 e. The van der Waals surface area contributed by atoms with E-state index >= 15 is 0 Å². The molecule has 0 atom stereocenters. The Morgan fingerprint density at radius 1 is 1.00 bits per heavy atom. The number of nitrogens with one attached hydrogen (secondary N) is 2. The monoisotopic (exact) mass is 395 g/mol. The second-order valence-corrected chi connectivity index (χ2v) is 6.92. The highest BCUT2D eigenvalue weighted by atomic mass is 35.5. The molecule has 0 aliphatic carbocycles. The molecule has 1 heterocycles. The van der Waals surface area contributed by atoms with Gasteiger partial charge in [0.15, 0.2) is 0 Å². The third kappa shape index (κ3) is 5.44. The smallest absolute Gasteiger partial charge is 0.275 e. The molecule has 0 aliphatic heterocycles. The highest BCUT2D eigenvalue weighted by Crippen LogP contribution is 2.16. The van der Waals surface area contributed by atoms with Gasteiger partial charge in [0.25, 0.3) is 5.91 Å². The Kier molecular flexibility index (Phi) is 6.45. The Bertz CT molecular complexity index is 909. The summed E-state index contributed by atoms with van der Waals surface area (Å²) in [7, 11) is 3.93. The van der Waals surface area contributed by atoms with Crippen LogP contribution in [-0.2, 0) is 6.42 Å². The molecule has 2 N–H and O–H groups in total. The van der Waals surface area contributed by atoms with Crippen molar-refractivity contribution in [1.29, 1.82) is 0 Å². The van der Waals surface area contributed by atoms with E-state index in [0.29, 0.717) is 18.1 Å². The fraction of sp³-hybridized carbons (Fsp3) is 0.190. The van der Waals surface area contributed by atoms with Crippen molar-refractivity contribution in [2.45, 2.75) is 6.42 Å². The van der Waals surface area contributed by atoms with E-state index in [2.05, 4.69) is 20.6 Å². The van der Waals surface area contributed by atoms with Crippen LogP contribution in [0.15, 0.2) is 60.9 Å². The Morgan fingerprint density at radius 2 is 1.71 bits per heavy atom. The van der Waals surface area contributed by atoms with E-state index in [1.807, 2.05) is 67.5 Å². The van der Waals surface area contributed by atoms with Crippen molar-refractivity contribution >= 4 is 34.7 Å². The molecule has 3 rings (SSSR count). The number of carbonyl (C=O) groups excluding carboxylic acids is 1. The number of aromatic nitrogens is 2.